The molecule has 0 saturated carbocycles. The molecule has 1 aromatic heterocycles. The average molecular weight is 566 g/mol. The number of hydrogen-bond acceptors (Lipinski definition) is 0. The molecule has 0 fully saturated rings. The summed E-state index contributed by atoms with van der Waals surface area (Å²) in [4.78, 5) is 3.35. The van der Waals surface area contributed by atoms with Gasteiger partial charge >= 0.3 is 0 Å². The predicted octanol–water partition coefficient (Wildman–Crippen LogP) is 12.5. The van der Waals surface area contributed by atoms with Crippen molar-refractivity contribution >= 4 is 0 Å². The number of H-pyrrole nitrogens is 1. The van der Waals surface area contributed by atoms with Crippen molar-refractivity contribution in [2.75, 3.05) is 0 Å². The molecule has 1 N–H and O–H groups in total. The molecule has 0 spiro atoms. The molecule has 2 aromatic rings. The highest BCUT2D eigenvalue weighted by molar-refractivity contribution is 5.15. The third kappa shape index (κ3) is 18.6. The Kier molecular flexibility index (Phi) is 22.7. The van der Waals surface area contributed by atoms with Crippen LogP contribution in [0.4, 0.5) is 0 Å². The van der Waals surface area contributed by atoms with Gasteiger partial charge in [-0.1, -0.05) is 185 Å². The van der Waals surface area contributed by atoms with Gasteiger partial charge in [0.2, 0.25) is 6.33 Å². The normalized spacial score (nSPS) is 13.0. The number of imidazole rings is 1. The van der Waals surface area contributed by atoms with Gasteiger partial charge in [-0.2, -0.15) is 0 Å². The number of rotatable bonds is 29. The number of nitrogens with zero attached hydrogens (tertiary/aromatic N) is 1. The molecule has 234 valence electrons. The molecular weight excluding hydrogens is 496 g/mol. The molecule has 1 aromatic carbocycles. The summed E-state index contributed by atoms with van der Waals surface area (Å²) in [6.45, 7) is 4.62. The van der Waals surface area contributed by atoms with Crippen LogP contribution < -0.4 is 4.57 Å². The lowest BCUT2D eigenvalue weighted by molar-refractivity contribution is -0.730. The Morgan fingerprint density at radius 2 is 0.976 bits per heavy atom. The zero-order valence-electron chi connectivity index (χ0n) is 27.6. The van der Waals surface area contributed by atoms with Gasteiger partial charge < -0.3 is 0 Å². The van der Waals surface area contributed by atoms with E-state index >= 15 is 0 Å². The summed E-state index contributed by atoms with van der Waals surface area (Å²) in [7, 11) is 0. The minimum Gasteiger partial charge on any atom is -0.250 e. The maximum atomic E-state index is 3.35. The molecule has 2 heteroatoms. The second kappa shape index (κ2) is 26.1. The topological polar surface area (TPSA) is 19.7 Å². The number of nitrogens with one attached hydrogen (secondary N) is 1. The molecule has 0 aliphatic carbocycles. The predicted molar refractivity (Wildman–Crippen MR) is 180 cm³/mol. The third-order valence-electron chi connectivity index (χ3n) is 9.37. The molecule has 0 saturated heterocycles. The van der Waals surface area contributed by atoms with E-state index < -0.39 is 0 Å². The first kappa shape index (κ1) is 35.6. The van der Waals surface area contributed by atoms with Gasteiger partial charge in [-0.15, -0.1) is 0 Å². The first-order chi connectivity index (χ1) is 20.3. The summed E-state index contributed by atoms with van der Waals surface area (Å²) in [5.74, 6) is 0.712. The molecule has 41 heavy (non-hydrogen) atoms. The largest absolute Gasteiger partial charge is 0.250 e. The van der Waals surface area contributed by atoms with Crippen LogP contribution in [0.5, 0.6) is 0 Å². The van der Waals surface area contributed by atoms with E-state index in [0.717, 1.165) is 0 Å². The zero-order chi connectivity index (χ0) is 29.1. The molecular formula is C39H69N2+. The fraction of sp³-hybridized carbons (Fsp3) is 0.769. The number of aromatic amines is 1. The van der Waals surface area contributed by atoms with Crippen LogP contribution in [-0.4, -0.2) is 4.98 Å². The number of aromatic nitrogens is 2. The Labute approximate surface area is 256 Å². The van der Waals surface area contributed by atoms with Crippen molar-refractivity contribution in [1.82, 2.24) is 4.98 Å². The lowest BCUT2D eigenvalue weighted by Gasteiger charge is -2.25. The van der Waals surface area contributed by atoms with Crippen molar-refractivity contribution in [2.24, 2.45) is 5.92 Å². The van der Waals surface area contributed by atoms with Gasteiger partial charge in [0.05, 0.1) is 0 Å². The minimum absolute atomic E-state index is 0.604. The van der Waals surface area contributed by atoms with Crippen molar-refractivity contribution in [3.63, 3.8) is 0 Å². The molecule has 0 bridgehead atoms. The molecule has 0 aliphatic heterocycles. The van der Waals surface area contributed by atoms with Crippen LogP contribution in [0, 0.1) is 5.92 Å². The van der Waals surface area contributed by atoms with Crippen LogP contribution >= 0.6 is 0 Å². The molecule has 0 aliphatic rings. The standard InChI is InChI=1S/C39H68N2/c1-3-5-7-9-11-13-15-16-17-18-20-22-27-31-38(35-37-29-25-24-26-30-37)39(41-34-33-40-36-41)32-28-23-21-19-14-12-10-8-6-4-2/h24-26,29-30,33-34,36,38-39H,3-23,27-28,31-32,35H2,1-2H3/p+1. The van der Waals surface area contributed by atoms with Gasteiger partial charge in [0.1, 0.15) is 18.4 Å². The van der Waals surface area contributed by atoms with Gasteiger partial charge in [-0.3, -0.25) is 4.98 Å². The smallest absolute Gasteiger partial charge is 0.241 e. The van der Waals surface area contributed by atoms with Crippen LogP contribution in [0.2, 0.25) is 0 Å². The first-order valence-corrected chi connectivity index (χ1v) is 18.4. The fourth-order valence-corrected chi connectivity index (χ4v) is 6.75. The van der Waals surface area contributed by atoms with Crippen molar-refractivity contribution in [2.45, 2.75) is 187 Å². The Morgan fingerprint density at radius 3 is 1.41 bits per heavy atom. The maximum Gasteiger partial charge on any atom is 0.241 e. The zero-order valence-corrected chi connectivity index (χ0v) is 27.6. The van der Waals surface area contributed by atoms with Crippen molar-refractivity contribution in [3.05, 3.63) is 54.6 Å². The second-order valence-electron chi connectivity index (χ2n) is 13.1. The van der Waals surface area contributed by atoms with Crippen LogP contribution in [-0.2, 0) is 6.42 Å². The summed E-state index contributed by atoms with van der Waals surface area (Å²) in [6, 6.07) is 11.9. The molecule has 2 atom stereocenters. The van der Waals surface area contributed by atoms with Crippen LogP contribution in [0.15, 0.2) is 49.1 Å². The van der Waals surface area contributed by atoms with E-state index in [1.54, 1.807) is 0 Å². The molecule has 1 heterocycles. The van der Waals surface area contributed by atoms with E-state index in [4.69, 9.17) is 0 Å². The number of hydrogen-bond donors (Lipinski definition) is 1. The summed E-state index contributed by atoms with van der Waals surface area (Å²) in [6.07, 6.45) is 43.2. The van der Waals surface area contributed by atoms with E-state index in [1.165, 1.54) is 173 Å². The minimum atomic E-state index is 0.604. The lowest BCUT2D eigenvalue weighted by atomic mass is 9.84. The molecule has 2 rings (SSSR count). The summed E-state index contributed by atoms with van der Waals surface area (Å²) >= 11 is 0. The van der Waals surface area contributed by atoms with Crippen molar-refractivity contribution in [1.29, 1.82) is 0 Å². The van der Waals surface area contributed by atoms with Crippen molar-refractivity contribution in [3.8, 4) is 0 Å². The Balaban J connectivity index is 1.72. The first-order valence-electron chi connectivity index (χ1n) is 18.4. The maximum absolute atomic E-state index is 3.35. The number of unbranched alkanes of at least 4 members (excludes halogenated alkanes) is 21. The molecule has 2 unspecified atom stereocenters. The highest BCUT2D eigenvalue weighted by Gasteiger charge is 2.26. The van der Waals surface area contributed by atoms with Crippen LogP contribution in [0.3, 0.4) is 0 Å². The van der Waals surface area contributed by atoms with E-state index in [2.05, 4.69) is 72.5 Å². The van der Waals surface area contributed by atoms with E-state index in [1.807, 2.05) is 0 Å². The Hall–Kier alpha value is -1.57. The lowest BCUT2D eigenvalue weighted by Crippen LogP contribution is -2.42. The van der Waals surface area contributed by atoms with Crippen LogP contribution in [0.25, 0.3) is 0 Å². The molecule has 2 nitrogen and oxygen atoms in total. The van der Waals surface area contributed by atoms with E-state index in [0.29, 0.717) is 12.0 Å². The van der Waals surface area contributed by atoms with Crippen LogP contribution in [0.1, 0.15) is 186 Å². The second-order valence-corrected chi connectivity index (χ2v) is 13.1. The Bertz CT molecular complexity index is 768. The van der Waals surface area contributed by atoms with Gasteiger partial charge in [0.15, 0.2) is 0 Å². The SMILES string of the molecule is CCCCCCCCCCCCCCCC(Cc1ccccc1)C(CCCCCCCCCCCC)[n+]1cc[nH]c1. The van der Waals surface area contributed by atoms with E-state index in [9.17, 15) is 0 Å². The van der Waals surface area contributed by atoms with Gasteiger partial charge in [0.25, 0.3) is 0 Å². The summed E-state index contributed by atoms with van der Waals surface area (Å²) < 4.78 is 2.50. The van der Waals surface area contributed by atoms with E-state index in [-0.39, 0.29) is 0 Å². The van der Waals surface area contributed by atoms with Gasteiger partial charge in [-0.05, 0) is 31.2 Å². The van der Waals surface area contributed by atoms with Crippen molar-refractivity contribution < 1.29 is 4.57 Å². The molecule has 0 amide bonds. The van der Waals surface area contributed by atoms with Gasteiger partial charge in [0, 0.05) is 5.92 Å². The monoisotopic (exact) mass is 566 g/mol. The third-order valence-corrected chi connectivity index (χ3v) is 9.37. The number of benzene rings is 1. The highest BCUT2D eigenvalue weighted by Crippen LogP contribution is 2.29. The highest BCUT2D eigenvalue weighted by atomic mass is 15.1. The average Bonchev–Trinajstić information content (AvgIpc) is 3.53. The fourth-order valence-electron chi connectivity index (χ4n) is 6.75. The summed E-state index contributed by atoms with van der Waals surface area (Å²) in [5, 5.41) is 0. The molecule has 0 radical (unpaired) electrons. The summed E-state index contributed by atoms with van der Waals surface area (Å²) in [5.41, 5.74) is 1.51. The Morgan fingerprint density at radius 1 is 0.537 bits per heavy atom. The van der Waals surface area contributed by atoms with Gasteiger partial charge in [-0.25, -0.2) is 4.57 Å². The quantitative estimate of drug-likeness (QED) is 0.0747.